The lowest BCUT2D eigenvalue weighted by atomic mass is 9.92. The van der Waals surface area contributed by atoms with E-state index in [-0.39, 0.29) is 5.91 Å². The van der Waals surface area contributed by atoms with Gasteiger partial charge in [-0.2, -0.15) is 4.31 Å². The van der Waals surface area contributed by atoms with Crippen molar-refractivity contribution in [3.05, 3.63) is 12.4 Å². The minimum absolute atomic E-state index is 0.146. The molecule has 0 saturated carbocycles. The molecule has 0 spiro atoms. The molecule has 2 aliphatic heterocycles. The van der Waals surface area contributed by atoms with Gasteiger partial charge in [-0.05, 0) is 31.6 Å². The van der Waals surface area contributed by atoms with Crippen LogP contribution in [0.4, 0.5) is 11.6 Å². The molecule has 2 aliphatic rings. The van der Waals surface area contributed by atoms with Crippen molar-refractivity contribution in [3.8, 4) is 0 Å². The number of hydrogen-bond donors (Lipinski definition) is 1. The summed E-state index contributed by atoms with van der Waals surface area (Å²) >= 11 is 0. The van der Waals surface area contributed by atoms with Crippen LogP contribution in [0.25, 0.3) is 0 Å². The van der Waals surface area contributed by atoms with Gasteiger partial charge in [0, 0.05) is 58.3 Å². The topological polar surface area (TPSA) is 98.7 Å². The molecule has 0 radical (unpaired) electrons. The van der Waals surface area contributed by atoms with Crippen LogP contribution in [0, 0.1) is 5.92 Å². The van der Waals surface area contributed by atoms with Gasteiger partial charge in [0.2, 0.25) is 15.9 Å². The molecule has 168 valence electrons. The molecule has 1 aromatic heterocycles. The first-order valence-electron chi connectivity index (χ1n) is 10.9. The molecule has 1 N–H and O–H groups in total. The molecule has 30 heavy (non-hydrogen) atoms. The van der Waals surface area contributed by atoms with Gasteiger partial charge >= 0.3 is 0 Å². The molecule has 3 rings (SSSR count). The Labute approximate surface area is 179 Å². The van der Waals surface area contributed by atoms with Crippen molar-refractivity contribution in [2.24, 2.45) is 5.92 Å². The smallest absolute Gasteiger partial charge is 0.222 e. The van der Waals surface area contributed by atoms with Crippen LogP contribution >= 0.6 is 0 Å². The zero-order valence-electron chi connectivity index (χ0n) is 18.1. The Bertz CT molecular complexity index is 803. The summed E-state index contributed by atoms with van der Waals surface area (Å²) < 4.78 is 24.6. The van der Waals surface area contributed by atoms with E-state index in [0.717, 1.165) is 57.0 Å². The van der Waals surface area contributed by atoms with Gasteiger partial charge in [0.05, 0.1) is 6.26 Å². The standard InChI is InChI=1S/C20H34N6O3S/c1-3-8-21-18-15-19(23-16-22-18)24-9-6-17(7-10-24)4-5-20(27)25-11-13-26(14-12-25)30(2,28)29/h15-17H,3-14H2,1-2H3,(H,21,22,23). The van der Waals surface area contributed by atoms with Gasteiger partial charge in [-0.1, -0.05) is 6.92 Å². The van der Waals surface area contributed by atoms with E-state index < -0.39 is 10.0 Å². The maximum absolute atomic E-state index is 12.5. The molecule has 3 heterocycles. The second-order valence-electron chi connectivity index (χ2n) is 8.20. The summed E-state index contributed by atoms with van der Waals surface area (Å²) in [7, 11) is -3.16. The average molecular weight is 439 g/mol. The van der Waals surface area contributed by atoms with Crippen LogP contribution in [0.3, 0.4) is 0 Å². The van der Waals surface area contributed by atoms with Crippen LogP contribution in [0.1, 0.15) is 39.0 Å². The fraction of sp³-hybridized carbons (Fsp3) is 0.750. The van der Waals surface area contributed by atoms with Crippen molar-refractivity contribution in [3.63, 3.8) is 0 Å². The van der Waals surface area contributed by atoms with Crippen LogP contribution < -0.4 is 10.2 Å². The molecular weight excluding hydrogens is 404 g/mol. The predicted octanol–water partition coefficient (Wildman–Crippen LogP) is 1.40. The number of amides is 1. The van der Waals surface area contributed by atoms with Crippen molar-refractivity contribution in [2.75, 3.05) is 62.3 Å². The molecule has 0 unspecified atom stereocenters. The highest BCUT2D eigenvalue weighted by Crippen LogP contribution is 2.26. The van der Waals surface area contributed by atoms with Crippen molar-refractivity contribution in [1.29, 1.82) is 0 Å². The number of sulfonamides is 1. The van der Waals surface area contributed by atoms with E-state index in [0.29, 0.717) is 38.5 Å². The van der Waals surface area contributed by atoms with Crippen LogP contribution in [0.2, 0.25) is 0 Å². The number of nitrogens with one attached hydrogen (secondary N) is 1. The maximum Gasteiger partial charge on any atom is 0.222 e. The SMILES string of the molecule is CCCNc1cc(N2CCC(CCC(=O)N3CCN(S(C)(=O)=O)CC3)CC2)ncn1. The molecule has 2 saturated heterocycles. The van der Waals surface area contributed by atoms with Crippen molar-refractivity contribution < 1.29 is 13.2 Å². The van der Waals surface area contributed by atoms with Crippen molar-refractivity contribution in [2.45, 2.75) is 39.0 Å². The quantitative estimate of drug-likeness (QED) is 0.655. The Balaban J connectivity index is 1.39. The highest BCUT2D eigenvalue weighted by atomic mass is 32.2. The van der Waals surface area contributed by atoms with Gasteiger partial charge in [0.1, 0.15) is 18.0 Å². The fourth-order valence-electron chi connectivity index (χ4n) is 4.08. The van der Waals surface area contributed by atoms with Crippen LogP contribution in [0.5, 0.6) is 0 Å². The van der Waals surface area contributed by atoms with E-state index in [1.165, 1.54) is 10.6 Å². The van der Waals surface area contributed by atoms with Gasteiger partial charge in [0.25, 0.3) is 0 Å². The molecule has 10 heteroatoms. The lowest BCUT2D eigenvalue weighted by molar-refractivity contribution is -0.132. The molecule has 0 aliphatic carbocycles. The molecule has 9 nitrogen and oxygen atoms in total. The second kappa shape index (κ2) is 10.4. The lowest BCUT2D eigenvalue weighted by Crippen LogP contribution is -2.50. The first kappa shape index (κ1) is 22.7. The van der Waals surface area contributed by atoms with E-state index in [1.54, 1.807) is 6.33 Å². The van der Waals surface area contributed by atoms with Gasteiger partial charge in [-0.3, -0.25) is 4.79 Å². The summed E-state index contributed by atoms with van der Waals surface area (Å²) in [6.07, 6.45) is 7.43. The normalized spacial score (nSPS) is 19.1. The third kappa shape index (κ3) is 6.28. The summed E-state index contributed by atoms with van der Waals surface area (Å²) in [6.45, 7) is 6.69. The summed E-state index contributed by atoms with van der Waals surface area (Å²) in [5.74, 6) is 2.52. The predicted molar refractivity (Wildman–Crippen MR) is 118 cm³/mol. The van der Waals surface area contributed by atoms with E-state index in [4.69, 9.17) is 0 Å². The zero-order chi connectivity index (χ0) is 21.6. The van der Waals surface area contributed by atoms with E-state index in [1.807, 2.05) is 11.0 Å². The summed E-state index contributed by atoms with van der Waals surface area (Å²) in [5.41, 5.74) is 0. The summed E-state index contributed by atoms with van der Waals surface area (Å²) in [5, 5.41) is 3.30. The van der Waals surface area contributed by atoms with Gasteiger partial charge in [0.15, 0.2) is 0 Å². The zero-order valence-corrected chi connectivity index (χ0v) is 18.9. The number of carbonyl (C=O) groups is 1. The lowest BCUT2D eigenvalue weighted by Gasteiger charge is -2.35. The molecule has 0 atom stereocenters. The largest absolute Gasteiger partial charge is 0.370 e. The molecule has 0 bridgehead atoms. The first-order valence-corrected chi connectivity index (χ1v) is 12.8. The fourth-order valence-corrected chi connectivity index (χ4v) is 4.90. The molecular formula is C20H34N6O3S. The second-order valence-corrected chi connectivity index (χ2v) is 10.2. The highest BCUT2D eigenvalue weighted by molar-refractivity contribution is 7.88. The van der Waals surface area contributed by atoms with Crippen molar-refractivity contribution in [1.82, 2.24) is 19.2 Å². The Kier molecular flexibility index (Phi) is 7.87. The number of hydrogen-bond acceptors (Lipinski definition) is 7. The Morgan fingerprint density at radius 3 is 2.47 bits per heavy atom. The number of aromatic nitrogens is 2. The number of nitrogens with zero attached hydrogens (tertiary/aromatic N) is 5. The van der Waals surface area contributed by atoms with Crippen LogP contribution in [-0.2, 0) is 14.8 Å². The van der Waals surface area contributed by atoms with E-state index in [9.17, 15) is 13.2 Å². The molecule has 1 aromatic rings. The average Bonchev–Trinajstić information content (AvgIpc) is 2.76. The Hall–Kier alpha value is -1.94. The number of anilines is 2. The van der Waals surface area contributed by atoms with Crippen molar-refractivity contribution >= 4 is 27.6 Å². The Morgan fingerprint density at radius 2 is 1.83 bits per heavy atom. The maximum atomic E-state index is 12.5. The number of piperazine rings is 1. The first-order chi connectivity index (χ1) is 14.4. The third-order valence-corrected chi connectivity index (χ3v) is 7.28. The number of carbonyl (C=O) groups excluding carboxylic acids is 1. The van der Waals surface area contributed by atoms with Crippen LogP contribution in [0.15, 0.2) is 12.4 Å². The number of rotatable bonds is 8. The summed E-state index contributed by atoms with van der Waals surface area (Å²) in [6, 6.07) is 2.01. The Morgan fingerprint density at radius 1 is 1.13 bits per heavy atom. The third-order valence-electron chi connectivity index (χ3n) is 5.97. The van der Waals surface area contributed by atoms with Gasteiger partial charge in [-0.15, -0.1) is 0 Å². The highest BCUT2D eigenvalue weighted by Gasteiger charge is 2.27. The van der Waals surface area contributed by atoms with E-state index >= 15 is 0 Å². The van der Waals surface area contributed by atoms with Gasteiger partial charge in [-0.25, -0.2) is 18.4 Å². The number of piperidine rings is 1. The monoisotopic (exact) mass is 438 g/mol. The van der Waals surface area contributed by atoms with Gasteiger partial charge < -0.3 is 15.1 Å². The minimum atomic E-state index is -3.16. The molecule has 2 fully saturated rings. The minimum Gasteiger partial charge on any atom is -0.370 e. The van der Waals surface area contributed by atoms with Crippen LogP contribution in [-0.4, -0.2) is 85.6 Å². The summed E-state index contributed by atoms with van der Waals surface area (Å²) in [4.78, 5) is 25.3. The van der Waals surface area contributed by atoms with E-state index in [2.05, 4.69) is 27.1 Å². The molecule has 1 amide bonds. The molecule has 0 aromatic carbocycles.